The molecule has 80 valence electrons. The summed E-state index contributed by atoms with van der Waals surface area (Å²) in [6, 6.07) is 8.38. The number of imidazole rings is 1. The van der Waals surface area contributed by atoms with E-state index in [9.17, 15) is 0 Å². The third-order valence-corrected chi connectivity index (χ3v) is 2.52. The van der Waals surface area contributed by atoms with Crippen LogP contribution in [0.15, 0.2) is 41.1 Å². The van der Waals surface area contributed by atoms with Gasteiger partial charge in [0.05, 0.1) is 19.0 Å². The molecular formula is C12H10N2O2. The molecular weight excluding hydrogens is 204 g/mol. The number of aromatic nitrogens is 2. The van der Waals surface area contributed by atoms with E-state index in [0.717, 1.165) is 22.2 Å². The van der Waals surface area contributed by atoms with Gasteiger partial charge in [-0.05, 0) is 6.07 Å². The molecule has 0 aliphatic heterocycles. The smallest absolute Gasteiger partial charge is 0.293 e. The Balaban J connectivity index is 2.18. The largest absolute Gasteiger partial charge is 0.468 e. The van der Waals surface area contributed by atoms with Gasteiger partial charge in [-0.1, -0.05) is 18.2 Å². The molecule has 0 unspecified atom stereocenters. The molecule has 0 aliphatic rings. The Morgan fingerprint density at radius 3 is 3.00 bits per heavy atom. The lowest BCUT2D eigenvalue weighted by Gasteiger charge is -1.93. The van der Waals surface area contributed by atoms with Gasteiger partial charge in [0.15, 0.2) is 0 Å². The first-order valence-corrected chi connectivity index (χ1v) is 4.94. The lowest BCUT2D eigenvalue weighted by atomic mass is 10.1. The number of nitrogens with one attached hydrogen (secondary N) is 1. The molecule has 4 heteroatoms. The van der Waals surface area contributed by atoms with E-state index in [1.165, 1.54) is 0 Å². The van der Waals surface area contributed by atoms with E-state index in [0.29, 0.717) is 6.01 Å². The predicted molar refractivity (Wildman–Crippen MR) is 60.3 cm³/mol. The van der Waals surface area contributed by atoms with Gasteiger partial charge in [-0.2, -0.15) is 0 Å². The SMILES string of the molecule is COc1ncc(-c2coc3ccccc23)[nH]1. The Morgan fingerprint density at radius 2 is 2.19 bits per heavy atom. The van der Waals surface area contributed by atoms with Gasteiger partial charge in [0, 0.05) is 10.9 Å². The quantitative estimate of drug-likeness (QED) is 0.713. The second-order valence-corrected chi connectivity index (χ2v) is 3.45. The summed E-state index contributed by atoms with van der Waals surface area (Å²) in [7, 11) is 1.58. The van der Waals surface area contributed by atoms with Gasteiger partial charge in [-0.15, -0.1) is 0 Å². The van der Waals surface area contributed by atoms with Crippen molar-refractivity contribution >= 4 is 11.0 Å². The lowest BCUT2D eigenvalue weighted by molar-refractivity contribution is 0.384. The normalized spacial score (nSPS) is 10.8. The summed E-state index contributed by atoms with van der Waals surface area (Å²) in [5, 5.41) is 1.06. The fraction of sp³-hybridized carbons (Fsp3) is 0.0833. The molecule has 0 fully saturated rings. The summed E-state index contributed by atoms with van der Waals surface area (Å²) < 4.78 is 10.5. The minimum Gasteiger partial charge on any atom is -0.468 e. The van der Waals surface area contributed by atoms with Crippen molar-refractivity contribution in [1.29, 1.82) is 0 Å². The summed E-state index contributed by atoms with van der Waals surface area (Å²) in [5.74, 6) is 0. The second-order valence-electron chi connectivity index (χ2n) is 3.45. The van der Waals surface area contributed by atoms with Gasteiger partial charge in [-0.3, -0.25) is 0 Å². The van der Waals surface area contributed by atoms with E-state index in [-0.39, 0.29) is 0 Å². The molecule has 2 heterocycles. The molecule has 0 spiro atoms. The molecule has 0 saturated heterocycles. The number of methoxy groups -OCH3 is 1. The maximum absolute atomic E-state index is 5.46. The van der Waals surface area contributed by atoms with Gasteiger partial charge in [0.2, 0.25) is 0 Å². The van der Waals surface area contributed by atoms with E-state index < -0.39 is 0 Å². The third-order valence-electron chi connectivity index (χ3n) is 2.52. The first kappa shape index (κ1) is 9.03. The van der Waals surface area contributed by atoms with Crippen molar-refractivity contribution in [3.8, 4) is 17.3 Å². The molecule has 0 radical (unpaired) electrons. The van der Waals surface area contributed by atoms with Crippen LogP contribution in [0.2, 0.25) is 0 Å². The van der Waals surface area contributed by atoms with Crippen LogP contribution in [0.1, 0.15) is 0 Å². The van der Waals surface area contributed by atoms with Gasteiger partial charge in [0.25, 0.3) is 6.01 Å². The van der Waals surface area contributed by atoms with Gasteiger partial charge >= 0.3 is 0 Å². The number of para-hydroxylation sites is 1. The molecule has 0 aliphatic carbocycles. The highest BCUT2D eigenvalue weighted by Crippen LogP contribution is 2.29. The average Bonchev–Trinajstić information content (AvgIpc) is 2.94. The van der Waals surface area contributed by atoms with Crippen molar-refractivity contribution in [1.82, 2.24) is 9.97 Å². The predicted octanol–water partition coefficient (Wildman–Crippen LogP) is 2.83. The van der Waals surface area contributed by atoms with Crippen LogP contribution in [0.25, 0.3) is 22.2 Å². The number of rotatable bonds is 2. The first-order chi connectivity index (χ1) is 7.88. The van der Waals surface area contributed by atoms with Crippen LogP contribution >= 0.6 is 0 Å². The minimum absolute atomic E-state index is 0.500. The van der Waals surface area contributed by atoms with Crippen molar-refractivity contribution in [3.05, 3.63) is 36.7 Å². The Kier molecular flexibility index (Phi) is 1.93. The number of ether oxygens (including phenoxy) is 1. The van der Waals surface area contributed by atoms with Crippen LogP contribution in [0.3, 0.4) is 0 Å². The highest BCUT2D eigenvalue weighted by Gasteiger charge is 2.09. The van der Waals surface area contributed by atoms with Crippen LogP contribution < -0.4 is 4.74 Å². The number of fused-ring (bicyclic) bond motifs is 1. The zero-order valence-corrected chi connectivity index (χ0v) is 8.73. The monoisotopic (exact) mass is 214 g/mol. The zero-order chi connectivity index (χ0) is 11.0. The molecule has 0 bridgehead atoms. The minimum atomic E-state index is 0.500. The molecule has 2 aromatic heterocycles. The average molecular weight is 214 g/mol. The molecule has 0 saturated carbocycles. The number of aromatic amines is 1. The second kappa shape index (κ2) is 3.41. The van der Waals surface area contributed by atoms with Gasteiger partial charge < -0.3 is 14.1 Å². The fourth-order valence-electron chi connectivity index (χ4n) is 1.73. The van der Waals surface area contributed by atoms with E-state index in [2.05, 4.69) is 9.97 Å². The lowest BCUT2D eigenvalue weighted by Crippen LogP contribution is -1.83. The maximum Gasteiger partial charge on any atom is 0.293 e. The van der Waals surface area contributed by atoms with Crippen molar-refractivity contribution in [3.63, 3.8) is 0 Å². The molecule has 3 aromatic rings. The van der Waals surface area contributed by atoms with E-state index >= 15 is 0 Å². The zero-order valence-electron chi connectivity index (χ0n) is 8.73. The molecule has 0 amide bonds. The van der Waals surface area contributed by atoms with Crippen molar-refractivity contribution in [2.45, 2.75) is 0 Å². The molecule has 4 nitrogen and oxygen atoms in total. The van der Waals surface area contributed by atoms with Crippen molar-refractivity contribution in [2.75, 3.05) is 7.11 Å². The number of hydrogen-bond donors (Lipinski definition) is 1. The molecule has 1 aromatic carbocycles. The number of H-pyrrole nitrogens is 1. The summed E-state index contributed by atoms with van der Waals surface area (Å²) >= 11 is 0. The standard InChI is InChI=1S/C12H10N2O2/c1-15-12-13-6-10(14-12)9-7-16-11-5-3-2-4-8(9)11/h2-7H,1H3,(H,13,14). The number of hydrogen-bond acceptors (Lipinski definition) is 3. The van der Waals surface area contributed by atoms with Crippen LogP contribution in [-0.4, -0.2) is 17.1 Å². The van der Waals surface area contributed by atoms with Crippen LogP contribution in [-0.2, 0) is 0 Å². The van der Waals surface area contributed by atoms with E-state index in [1.807, 2.05) is 24.3 Å². The first-order valence-electron chi connectivity index (χ1n) is 4.94. The topological polar surface area (TPSA) is 51.1 Å². The molecule has 0 atom stereocenters. The Bertz CT molecular complexity index is 625. The molecule has 1 N–H and O–H groups in total. The van der Waals surface area contributed by atoms with Crippen LogP contribution in [0.5, 0.6) is 6.01 Å². The highest BCUT2D eigenvalue weighted by molar-refractivity contribution is 5.92. The maximum atomic E-state index is 5.46. The fourth-order valence-corrected chi connectivity index (χ4v) is 1.73. The Morgan fingerprint density at radius 1 is 1.31 bits per heavy atom. The Hall–Kier alpha value is -2.23. The third kappa shape index (κ3) is 1.27. The van der Waals surface area contributed by atoms with Crippen LogP contribution in [0, 0.1) is 0 Å². The summed E-state index contributed by atoms with van der Waals surface area (Å²) in [6.45, 7) is 0. The van der Waals surface area contributed by atoms with Gasteiger partial charge in [-0.25, -0.2) is 4.98 Å². The number of benzene rings is 1. The van der Waals surface area contributed by atoms with Crippen molar-refractivity contribution in [2.24, 2.45) is 0 Å². The Labute approximate surface area is 91.9 Å². The number of nitrogens with zero attached hydrogens (tertiary/aromatic N) is 1. The summed E-state index contributed by atoms with van der Waals surface area (Å²) in [4.78, 5) is 7.14. The summed E-state index contributed by atoms with van der Waals surface area (Å²) in [6.07, 6.45) is 3.45. The molecule has 3 rings (SSSR count). The van der Waals surface area contributed by atoms with Gasteiger partial charge in [0.1, 0.15) is 11.8 Å². The van der Waals surface area contributed by atoms with Crippen LogP contribution in [0.4, 0.5) is 0 Å². The van der Waals surface area contributed by atoms with E-state index in [4.69, 9.17) is 9.15 Å². The van der Waals surface area contributed by atoms with Crippen molar-refractivity contribution < 1.29 is 9.15 Å². The molecule has 16 heavy (non-hydrogen) atoms. The number of furan rings is 1. The van der Waals surface area contributed by atoms with E-state index in [1.54, 1.807) is 19.6 Å². The highest BCUT2D eigenvalue weighted by atomic mass is 16.5. The summed E-state index contributed by atoms with van der Waals surface area (Å²) in [5.41, 5.74) is 2.75.